The number of nitriles is 1. The van der Waals surface area contributed by atoms with E-state index in [1.807, 2.05) is 0 Å². The van der Waals surface area contributed by atoms with Gasteiger partial charge in [-0.25, -0.2) is 0 Å². The molecule has 0 fully saturated rings. The molecule has 3 unspecified atom stereocenters. The van der Waals surface area contributed by atoms with Gasteiger partial charge in [-0.3, -0.25) is 9.59 Å². The van der Waals surface area contributed by atoms with Crippen molar-refractivity contribution < 1.29 is 19.8 Å². The molecule has 0 saturated heterocycles. The van der Waals surface area contributed by atoms with Gasteiger partial charge in [-0.2, -0.15) is 5.26 Å². The molecule has 0 amide bonds. The van der Waals surface area contributed by atoms with Crippen LogP contribution in [0.5, 0.6) is 0 Å². The molecular weight excluding hydrogens is 338 g/mol. The standard InChI is InChI=1S/C15H16BrNO4/c1-10(11-5-3-2-4-6-11)15(9-17,14(20)21)12(7-8-16)13(18)19/h2-6,10,12H,7-8H2,1H3,(H,18,19)(H,20,21). The maximum Gasteiger partial charge on any atom is 0.325 e. The molecular formula is C15H16BrNO4. The lowest BCUT2D eigenvalue weighted by atomic mass is 9.65. The van der Waals surface area contributed by atoms with E-state index in [9.17, 15) is 25.1 Å². The van der Waals surface area contributed by atoms with Gasteiger partial charge in [-0.1, -0.05) is 53.2 Å². The Bertz CT molecular complexity index is 555. The normalized spacial score (nSPS) is 16.2. The summed E-state index contributed by atoms with van der Waals surface area (Å²) >= 11 is 3.13. The van der Waals surface area contributed by atoms with E-state index >= 15 is 0 Å². The Morgan fingerprint density at radius 3 is 2.29 bits per heavy atom. The van der Waals surface area contributed by atoms with Gasteiger partial charge in [-0.15, -0.1) is 0 Å². The molecule has 0 aliphatic carbocycles. The van der Waals surface area contributed by atoms with Crippen LogP contribution in [0.2, 0.25) is 0 Å². The van der Waals surface area contributed by atoms with Crippen LogP contribution in [0.15, 0.2) is 30.3 Å². The number of hydrogen-bond donors (Lipinski definition) is 2. The molecule has 0 radical (unpaired) electrons. The number of nitrogens with zero attached hydrogens (tertiary/aromatic N) is 1. The fourth-order valence-electron chi connectivity index (χ4n) is 2.52. The van der Waals surface area contributed by atoms with Gasteiger partial charge in [0.25, 0.3) is 0 Å². The van der Waals surface area contributed by atoms with E-state index < -0.39 is 29.2 Å². The molecule has 1 rings (SSSR count). The zero-order chi connectivity index (χ0) is 16.0. The molecule has 0 spiro atoms. The van der Waals surface area contributed by atoms with Gasteiger partial charge in [0.05, 0.1) is 12.0 Å². The third kappa shape index (κ3) is 3.24. The molecule has 0 aromatic heterocycles. The second-order valence-electron chi connectivity index (χ2n) is 4.79. The quantitative estimate of drug-likeness (QED) is 0.734. The van der Waals surface area contributed by atoms with Crippen molar-refractivity contribution in [2.45, 2.75) is 19.3 Å². The zero-order valence-corrected chi connectivity index (χ0v) is 13.1. The number of carbonyl (C=O) groups is 2. The molecule has 1 aromatic rings. The maximum atomic E-state index is 11.8. The van der Waals surface area contributed by atoms with Crippen LogP contribution >= 0.6 is 15.9 Å². The molecule has 0 aliphatic rings. The number of halogens is 1. The minimum Gasteiger partial charge on any atom is -0.481 e. The van der Waals surface area contributed by atoms with Gasteiger partial charge in [0, 0.05) is 11.2 Å². The van der Waals surface area contributed by atoms with Crippen molar-refractivity contribution in [1.82, 2.24) is 0 Å². The number of aliphatic carboxylic acids is 2. The lowest BCUT2D eigenvalue weighted by Gasteiger charge is -2.33. The van der Waals surface area contributed by atoms with Crippen LogP contribution in [0.3, 0.4) is 0 Å². The van der Waals surface area contributed by atoms with E-state index in [0.29, 0.717) is 10.9 Å². The van der Waals surface area contributed by atoms with Gasteiger partial charge in [0.2, 0.25) is 0 Å². The summed E-state index contributed by atoms with van der Waals surface area (Å²) in [6.07, 6.45) is 0.0619. The Kier molecular flexibility index (Phi) is 5.91. The van der Waals surface area contributed by atoms with E-state index in [4.69, 9.17) is 0 Å². The van der Waals surface area contributed by atoms with Crippen LogP contribution in [-0.4, -0.2) is 27.5 Å². The smallest absolute Gasteiger partial charge is 0.325 e. The SMILES string of the molecule is CC(c1ccccc1)C(C#N)(C(=O)O)C(CCBr)C(=O)O. The van der Waals surface area contributed by atoms with E-state index in [0.717, 1.165) is 0 Å². The Labute approximate surface area is 131 Å². The highest BCUT2D eigenvalue weighted by Crippen LogP contribution is 2.44. The highest BCUT2D eigenvalue weighted by atomic mass is 79.9. The van der Waals surface area contributed by atoms with Crippen molar-refractivity contribution in [2.24, 2.45) is 11.3 Å². The van der Waals surface area contributed by atoms with Crippen molar-refractivity contribution >= 4 is 27.9 Å². The van der Waals surface area contributed by atoms with E-state index in [1.165, 1.54) is 0 Å². The third-order valence-electron chi connectivity index (χ3n) is 3.77. The van der Waals surface area contributed by atoms with Crippen molar-refractivity contribution in [1.29, 1.82) is 5.26 Å². The van der Waals surface area contributed by atoms with Crippen molar-refractivity contribution in [3.05, 3.63) is 35.9 Å². The number of carboxylic acid groups (broad SMARTS) is 2. The number of rotatable bonds is 7. The largest absolute Gasteiger partial charge is 0.481 e. The monoisotopic (exact) mass is 353 g/mol. The highest BCUT2D eigenvalue weighted by molar-refractivity contribution is 9.09. The first kappa shape index (κ1) is 17.2. The summed E-state index contributed by atoms with van der Waals surface area (Å²) in [5.41, 5.74) is -1.39. The predicted octanol–water partition coefficient (Wildman–Crippen LogP) is 2.87. The van der Waals surface area contributed by atoms with E-state index in [1.54, 1.807) is 43.3 Å². The molecule has 6 heteroatoms. The van der Waals surface area contributed by atoms with Crippen molar-refractivity contribution in [2.75, 3.05) is 5.33 Å². The first-order valence-corrected chi connectivity index (χ1v) is 7.52. The Balaban J connectivity index is 3.43. The lowest BCUT2D eigenvalue weighted by molar-refractivity contribution is -0.160. The second-order valence-corrected chi connectivity index (χ2v) is 5.58. The lowest BCUT2D eigenvalue weighted by Crippen LogP contribution is -2.45. The third-order valence-corrected chi connectivity index (χ3v) is 4.22. The fourth-order valence-corrected chi connectivity index (χ4v) is 2.98. The highest BCUT2D eigenvalue weighted by Gasteiger charge is 2.54. The summed E-state index contributed by atoms with van der Waals surface area (Å²) in [5.74, 6) is -4.73. The van der Waals surface area contributed by atoms with Crippen molar-refractivity contribution in [3.8, 4) is 6.07 Å². The molecule has 0 heterocycles. The number of alkyl halides is 1. The van der Waals surface area contributed by atoms with E-state index in [-0.39, 0.29) is 6.42 Å². The topological polar surface area (TPSA) is 98.4 Å². The fraction of sp³-hybridized carbons (Fsp3) is 0.400. The number of carboxylic acids is 2. The molecule has 21 heavy (non-hydrogen) atoms. The molecule has 3 atom stereocenters. The van der Waals surface area contributed by atoms with Gasteiger partial charge < -0.3 is 10.2 Å². The minimum absolute atomic E-state index is 0.0619. The second kappa shape index (κ2) is 7.23. The molecule has 0 bridgehead atoms. The molecule has 1 aromatic carbocycles. The first-order valence-electron chi connectivity index (χ1n) is 6.40. The van der Waals surface area contributed by atoms with Gasteiger partial charge in [-0.05, 0) is 12.0 Å². The van der Waals surface area contributed by atoms with E-state index in [2.05, 4.69) is 15.9 Å². The molecule has 2 N–H and O–H groups in total. The number of hydrogen-bond acceptors (Lipinski definition) is 3. The summed E-state index contributed by atoms with van der Waals surface area (Å²) in [6, 6.07) is 10.4. The van der Waals surface area contributed by atoms with Gasteiger partial charge in [0.15, 0.2) is 5.41 Å². The summed E-state index contributed by atoms with van der Waals surface area (Å²) in [7, 11) is 0. The molecule has 112 valence electrons. The summed E-state index contributed by atoms with van der Waals surface area (Å²) in [4.78, 5) is 23.3. The van der Waals surface area contributed by atoms with Crippen LogP contribution in [0.4, 0.5) is 0 Å². The average Bonchev–Trinajstić information content (AvgIpc) is 2.47. The summed E-state index contributed by atoms with van der Waals surface area (Å²) < 4.78 is 0. The first-order chi connectivity index (χ1) is 9.91. The maximum absolute atomic E-state index is 11.8. The Morgan fingerprint density at radius 1 is 1.33 bits per heavy atom. The molecule has 5 nitrogen and oxygen atoms in total. The van der Waals surface area contributed by atoms with Gasteiger partial charge in [0.1, 0.15) is 0 Å². The van der Waals surface area contributed by atoms with Crippen molar-refractivity contribution in [3.63, 3.8) is 0 Å². The zero-order valence-electron chi connectivity index (χ0n) is 11.5. The number of benzene rings is 1. The Hall–Kier alpha value is -1.87. The Morgan fingerprint density at radius 2 is 1.90 bits per heavy atom. The predicted molar refractivity (Wildman–Crippen MR) is 80.1 cm³/mol. The average molecular weight is 354 g/mol. The van der Waals surface area contributed by atoms with Crippen LogP contribution in [0.25, 0.3) is 0 Å². The van der Waals surface area contributed by atoms with Crippen LogP contribution in [-0.2, 0) is 9.59 Å². The van der Waals surface area contributed by atoms with Crippen LogP contribution in [0, 0.1) is 22.7 Å². The summed E-state index contributed by atoms with van der Waals surface area (Å²) in [5, 5.41) is 28.8. The summed E-state index contributed by atoms with van der Waals surface area (Å²) in [6.45, 7) is 1.58. The molecule has 0 saturated carbocycles. The van der Waals surface area contributed by atoms with Crippen LogP contribution in [0.1, 0.15) is 24.8 Å². The molecule has 0 aliphatic heterocycles. The minimum atomic E-state index is -2.01. The van der Waals surface area contributed by atoms with Crippen LogP contribution < -0.4 is 0 Å². The van der Waals surface area contributed by atoms with Gasteiger partial charge >= 0.3 is 11.9 Å².